The van der Waals surface area contributed by atoms with Crippen molar-refractivity contribution >= 4 is 5.97 Å². The van der Waals surface area contributed by atoms with E-state index < -0.39 is 0 Å². The summed E-state index contributed by atoms with van der Waals surface area (Å²) in [5.74, 6) is -0.193. The topological polar surface area (TPSA) is 26.3 Å². The molecule has 0 aromatic heterocycles. The molecular weight excluding hydrogens is 140 g/mol. The van der Waals surface area contributed by atoms with E-state index in [-0.39, 0.29) is 17.5 Å². The van der Waals surface area contributed by atoms with Gasteiger partial charge in [0.15, 0.2) is 0 Å². The van der Waals surface area contributed by atoms with Crippen molar-refractivity contribution in [2.24, 2.45) is 5.41 Å². The normalized spacial score (nSPS) is 14.3. The minimum absolute atomic E-state index is 0.0347. The van der Waals surface area contributed by atoms with Gasteiger partial charge < -0.3 is 4.74 Å². The zero-order chi connectivity index (χ0) is 9.07. The number of ether oxygens (including phenoxy) is 1. The molecule has 1 unspecified atom stereocenters. The lowest BCUT2D eigenvalue weighted by atomic mass is 9.90. The monoisotopic (exact) mass is 158 g/mol. The third kappa shape index (κ3) is 7.37. The molecule has 0 fully saturated rings. The third-order valence-electron chi connectivity index (χ3n) is 1.27. The predicted molar refractivity (Wildman–Crippen MR) is 45.3 cm³/mol. The van der Waals surface area contributed by atoms with E-state index in [9.17, 15) is 4.79 Å². The van der Waals surface area contributed by atoms with Gasteiger partial charge in [0.05, 0.1) is 6.10 Å². The maximum absolute atomic E-state index is 10.5. The Kier molecular flexibility index (Phi) is 3.56. The molecular formula is C9H18O2. The maximum Gasteiger partial charge on any atom is 0.302 e. The first-order valence-electron chi connectivity index (χ1n) is 3.98. The van der Waals surface area contributed by atoms with Gasteiger partial charge in [0.2, 0.25) is 0 Å². The number of carbonyl (C=O) groups is 1. The summed E-state index contributed by atoms with van der Waals surface area (Å²) in [5, 5.41) is 0. The highest BCUT2D eigenvalue weighted by molar-refractivity contribution is 5.66. The second-order valence-corrected chi connectivity index (χ2v) is 4.18. The van der Waals surface area contributed by atoms with Crippen LogP contribution < -0.4 is 0 Å². The minimum Gasteiger partial charge on any atom is -0.463 e. The fourth-order valence-corrected chi connectivity index (χ4v) is 1.19. The summed E-state index contributed by atoms with van der Waals surface area (Å²) in [4.78, 5) is 10.5. The Balaban J connectivity index is 3.69. The van der Waals surface area contributed by atoms with Crippen LogP contribution in [0.5, 0.6) is 0 Å². The van der Waals surface area contributed by atoms with E-state index >= 15 is 0 Å². The fourth-order valence-electron chi connectivity index (χ4n) is 1.19. The molecule has 0 aromatic carbocycles. The summed E-state index contributed by atoms with van der Waals surface area (Å²) in [7, 11) is 0. The largest absolute Gasteiger partial charge is 0.463 e. The van der Waals surface area contributed by atoms with E-state index in [2.05, 4.69) is 20.8 Å². The van der Waals surface area contributed by atoms with Gasteiger partial charge in [-0.2, -0.15) is 0 Å². The number of hydrogen-bond acceptors (Lipinski definition) is 2. The molecule has 0 saturated carbocycles. The van der Waals surface area contributed by atoms with Gasteiger partial charge in [-0.15, -0.1) is 0 Å². The number of esters is 1. The second-order valence-electron chi connectivity index (χ2n) is 4.18. The van der Waals surface area contributed by atoms with E-state index in [1.54, 1.807) is 0 Å². The van der Waals surface area contributed by atoms with E-state index in [1.807, 2.05) is 6.92 Å². The molecule has 0 amide bonds. The summed E-state index contributed by atoms with van der Waals surface area (Å²) in [5.41, 5.74) is 0.231. The van der Waals surface area contributed by atoms with Crippen LogP contribution in [-0.4, -0.2) is 12.1 Å². The van der Waals surface area contributed by atoms with E-state index in [4.69, 9.17) is 4.74 Å². The molecule has 2 heteroatoms. The van der Waals surface area contributed by atoms with Gasteiger partial charge in [0.1, 0.15) is 0 Å². The Hall–Kier alpha value is -0.530. The molecule has 0 aliphatic carbocycles. The lowest BCUT2D eigenvalue weighted by molar-refractivity contribution is -0.146. The smallest absolute Gasteiger partial charge is 0.302 e. The first-order valence-corrected chi connectivity index (χ1v) is 3.98. The lowest BCUT2D eigenvalue weighted by Crippen LogP contribution is -2.19. The number of rotatable bonds is 2. The maximum atomic E-state index is 10.5. The molecule has 0 saturated heterocycles. The quantitative estimate of drug-likeness (QED) is 0.577. The van der Waals surface area contributed by atoms with Gasteiger partial charge in [-0.05, 0) is 18.8 Å². The highest BCUT2D eigenvalue weighted by Crippen LogP contribution is 2.21. The van der Waals surface area contributed by atoms with Crippen LogP contribution in [0.4, 0.5) is 0 Å². The molecule has 0 rings (SSSR count). The van der Waals surface area contributed by atoms with Crippen LogP contribution in [0.3, 0.4) is 0 Å². The molecule has 0 N–H and O–H groups in total. The van der Waals surface area contributed by atoms with Gasteiger partial charge in [0.25, 0.3) is 0 Å². The van der Waals surface area contributed by atoms with Crippen molar-refractivity contribution in [2.45, 2.75) is 47.1 Å². The Morgan fingerprint density at radius 3 is 2.18 bits per heavy atom. The molecule has 11 heavy (non-hydrogen) atoms. The van der Waals surface area contributed by atoms with Gasteiger partial charge >= 0.3 is 5.97 Å². The Morgan fingerprint density at radius 1 is 1.45 bits per heavy atom. The van der Waals surface area contributed by atoms with Crippen molar-refractivity contribution in [2.75, 3.05) is 0 Å². The molecule has 0 aliphatic rings. The predicted octanol–water partition coefficient (Wildman–Crippen LogP) is 2.37. The standard InChI is InChI=1S/C9H18O2/c1-7(11-8(2)10)6-9(3,4)5/h7H,6H2,1-5H3. The van der Waals surface area contributed by atoms with Crippen LogP contribution in [0.25, 0.3) is 0 Å². The number of carbonyl (C=O) groups excluding carboxylic acids is 1. The van der Waals surface area contributed by atoms with Crippen LogP contribution in [-0.2, 0) is 9.53 Å². The van der Waals surface area contributed by atoms with Crippen molar-refractivity contribution in [3.05, 3.63) is 0 Å². The van der Waals surface area contributed by atoms with Gasteiger partial charge in [0, 0.05) is 6.92 Å². The summed E-state index contributed by atoms with van der Waals surface area (Å²) in [6, 6.07) is 0. The molecule has 66 valence electrons. The average molecular weight is 158 g/mol. The Morgan fingerprint density at radius 2 is 1.91 bits per heavy atom. The lowest BCUT2D eigenvalue weighted by Gasteiger charge is -2.22. The molecule has 0 heterocycles. The van der Waals surface area contributed by atoms with Crippen LogP contribution in [0.15, 0.2) is 0 Å². The minimum atomic E-state index is -0.193. The van der Waals surface area contributed by atoms with Crippen LogP contribution in [0.2, 0.25) is 0 Å². The van der Waals surface area contributed by atoms with Crippen LogP contribution in [0.1, 0.15) is 41.0 Å². The Bertz CT molecular complexity index is 133. The van der Waals surface area contributed by atoms with Crippen molar-refractivity contribution in [1.82, 2.24) is 0 Å². The van der Waals surface area contributed by atoms with Gasteiger partial charge in [-0.3, -0.25) is 4.79 Å². The average Bonchev–Trinajstić information content (AvgIpc) is 1.53. The zero-order valence-electron chi connectivity index (χ0n) is 8.10. The highest BCUT2D eigenvalue weighted by Gasteiger charge is 2.16. The summed E-state index contributed by atoms with van der Waals surface area (Å²) in [6.45, 7) is 9.76. The van der Waals surface area contributed by atoms with E-state index in [0.717, 1.165) is 6.42 Å². The van der Waals surface area contributed by atoms with Crippen LogP contribution in [0, 0.1) is 5.41 Å². The molecule has 1 atom stereocenters. The second kappa shape index (κ2) is 3.74. The van der Waals surface area contributed by atoms with Gasteiger partial charge in [-0.25, -0.2) is 0 Å². The van der Waals surface area contributed by atoms with Gasteiger partial charge in [-0.1, -0.05) is 20.8 Å². The third-order valence-corrected chi connectivity index (χ3v) is 1.27. The first-order chi connectivity index (χ1) is 4.81. The van der Waals surface area contributed by atoms with Crippen LogP contribution >= 0.6 is 0 Å². The Labute approximate surface area is 68.9 Å². The molecule has 0 radical (unpaired) electrons. The van der Waals surface area contributed by atoms with Crippen molar-refractivity contribution in [1.29, 1.82) is 0 Å². The first kappa shape index (κ1) is 10.5. The number of hydrogen-bond donors (Lipinski definition) is 0. The summed E-state index contributed by atoms with van der Waals surface area (Å²) in [6.07, 6.45) is 0.944. The molecule has 0 aromatic rings. The molecule has 0 aliphatic heterocycles. The summed E-state index contributed by atoms with van der Waals surface area (Å²) >= 11 is 0. The van der Waals surface area contributed by atoms with Crippen molar-refractivity contribution < 1.29 is 9.53 Å². The summed E-state index contributed by atoms with van der Waals surface area (Å²) < 4.78 is 4.99. The zero-order valence-corrected chi connectivity index (χ0v) is 8.10. The van der Waals surface area contributed by atoms with E-state index in [1.165, 1.54) is 6.92 Å². The SMILES string of the molecule is CC(=O)OC(C)CC(C)(C)C. The highest BCUT2D eigenvalue weighted by atomic mass is 16.5. The fraction of sp³-hybridized carbons (Fsp3) is 0.889. The van der Waals surface area contributed by atoms with E-state index in [0.29, 0.717) is 0 Å². The molecule has 2 nitrogen and oxygen atoms in total. The van der Waals surface area contributed by atoms with Crippen molar-refractivity contribution in [3.8, 4) is 0 Å². The molecule has 0 bridgehead atoms. The molecule has 0 spiro atoms. The van der Waals surface area contributed by atoms with Crippen molar-refractivity contribution in [3.63, 3.8) is 0 Å².